The van der Waals surface area contributed by atoms with Crippen LogP contribution in [0.4, 0.5) is 4.39 Å². The predicted octanol–water partition coefficient (Wildman–Crippen LogP) is 3.11. The molecule has 1 aromatic heterocycles. The molecule has 1 unspecified atom stereocenters. The summed E-state index contributed by atoms with van der Waals surface area (Å²) in [6, 6.07) is 6.03. The van der Waals surface area contributed by atoms with Gasteiger partial charge in [-0.1, -0.05) is 6.07 Å². The van der Waals surface area contributed by atoms with Gasteiger partial charge in [0.25, 0.3) is 5.91 Å². The Kier molecular flexibility index (Phi) is 4.68. The van der Waals surface area contributed by atoms with Crippen LogP contribution in [-0.4, -0.2) is 17.6 Å². The van der Waals surface area contributed by atoms with E-state index < -0.39 is 17.8 Å². The molecule has 2 rings (SSSR count). The van der Waals surface area contributed by atoms with Gasteiger partial charge in [0, 0.05) is 6.54 Å². The third-order valence-corrected chi connectivity index (χ3v) is 4.09. The number of rotatable bonds is 4. The monoisotopic (exact) mass is 343 g/mol. The Balaban J connectivity index is 2.00. The predicted molar refractivity (Wildman–Crippen MR) is 75.7 cm³/mol. The number of hydrogen-bond acceptors (Lipinski definition) is 3. The van der Waals surface area contributed by atoms with Crippen LogP contribution in [0.25, 0.3) is 0 Å². The van der Waals surface area contributed by atoms with Crippen molar-refractivity contribution in [3.63, 3.8) is 0 Å². The highest BCUT2D eigenvalue weighted by atomic mass is 79.9. The lowest BCUT2D eigenvalue weighted by molar-refractivity contribution is 0.0915. The Morgan fingerprint density at radius 3 is 2.95 bits per heavy atom. The van der Waals surface area contributed by atoms with Crippen molar-refractivity contribution in [1.29, 1.82) is 0 Å². The van der Waals surface area contributed by atoms with E-state index in [4.69, 9.17) is 0 Å². The number of carbonyl (C=O) groups excluding carboxylic acids is 1. The van der Waals surface area contributed by atoms with Crippen LogP contribution >= 0.6 is 27.3 Å². The maximum atomic E-state index is 13.3. The van der Waals surface area contributed by atoms with Crippen molar-refractivity contribution < 1.29 is 14.3 Å². The molecule has 2 aromatic rings. The van der Waals surface area contributed by atoms with E-state index in [1.165, 1.54) is 29.5 Å². The topological polar surface area (TPSA) is 49.3 Å². The number of aliphatic hydroxyl groups is 1. The molecule has 19 heavy (non-hydrogen) atoms. The summed E-state index contributed by atoms with van der Waals surface area (Å²) in [5, 5.41) is 16.1. The summed E-state index contributed by atoms with van der Waals surface area (Å²) in [7, 11) is 0. The van der Waals surface area contributed by atoms with Crippen molar-refractivity contribution >= 4 is 33.2 Å². The van der Waals surface area contributed by atoms with E-state index in [-0.39, 0.29) is 16.6 Å². The van der Waals surface area contributed by atoms with Crippen LogP contribution in [0.2, 0.25) is 0 Å². The zero-order valence-electron chi connectivity index (χ0n) is 9.77. The maximum Gasteiger partial charge on any atom is 0.252 e. The molecule has 0 saturated heterocycles. The average Bonchev–Trinajstić information content (AvgIpc) is 2.93. The van der Waals surface area contributed by atoms with E-state index in [0.29, 0.717) is 0 Å². The SMILES string of the molecule is O=C(NCC(O)c1ccsc1)c1cccc(F)c1Br. The van der Waals surface area contributed by atoms with Gasteiger partial charge in [-0.2, -0.15) is 11.3 Å². The van der Waals surface area contributed by atoms with Crippen LogP contribution in [0.3, 0.4) is 0 Å². The number of amides is 1. The van der Waals surface area contributed by atoms with Gasteiger partial charge >= 0.3 is 0 Å². The number of hydrogen-bond donors (Lipinski definition) is 2. The molecule has 0 fully saturated rings. The molecule has 2 N–H and O–H groups in total. The molecule has 1 amide bonds. The first-order chi connectivity index (χ1) is 9.09. The highest BCUT2D eigenvalue weighted by Gasteiger charge is 2.15. The Morgan fingerprint density at radius 2 is 2.26 bits per heavy atom. The van der Waals surface area contributed by atoms with E-state index in [1.54, 1.807) is 6.07 Å². The molecule has 0 aliphatic carbocycles. The second kappa shape index (κ2) is 6.27. The fraction of sp³-hybridized carbons (Fsp3) is 0.154. The molecule has 0 saturated carbocycles. The lowest BCUT2D eigenvalue weighted by Gasteiger charge is -2.11. The minimum atomic E-state index is -0.762. The number of halogens is 2. The van der Waals surface area contributed by atoms with E-state index in [9.17, 15) is 14.3 Å². The van der Waals surface area contributed by atoms with Gasteiger partial charge in [-0.3, -0.25) is 4.79 Å². The quantitative estimate of drug-likeness (QED) is 0.895. The number of aliphatic hydroxyl groups excluding tert-OH is 1. The van der Waals surface area contributed by atoms with Crippen LogP contribution in [0.5, 0.6) is 0 Å². The van der Waals surface area contributed by atoms with Gasteiger partial charge in [-0.25, -0.2) is 4.39 Å². The minimum absolute atomic E-state index is 0.0819. The molecule has 1 heterocycles. The maximum absolute atomic E-state index is 13.3. The molecule has 0 radical (unpaired) electrons. The van der Waals surface area contributed by atoms with Gasteiger partial charge in [0.1, 0.15) is 5.82 Å². The first-order valence-electron chi connectivity index (χ1n) is 5.52. The van der Waals surface area contributed by atoms with Crippen LogP contribution < -0.4 is 5.32 Å². The highest BCUT2D eigenvalue weighted by molar-refractivity contribution is 9.10. The van der Waals surface area contributed by atoms with Gasteiger partial charge in [0.15, 0.2) is 0 Å². The third kappa shape index (κ3) is 3.40. The standard InChI is InChI=1S/C13H11BrFNO2S/c14-12-9(2-1-3-10(12)15)13(18)16-6-11(17)8-4-5-19-7-8/h1-5,7,11,17H,6H2,(H,16,18). The first kappa shape index (κ1) is 14.2. The number of nitrogens with one attached hydrogen (secondary N) is 1. The van der Waals surface area contributed by atoms with Crippen LogP contribution in [-0.2, 0) is 0 Å². The molecular formula is C13H11BrFNO2S. The van der Waals surface area contributed by atoms with Crippen molar-refractivity contribution in [3.05, 3.63) is 56.4 Å². The second-order valence-electron chi connectivity index (χ2n) is 3.88. The van der Waals surface area contributed by atoms with E-state index >= 15 is 0 Å². The van der Waals surface area contributed by atoms with Crippen molar-refractivity contribution in [1.82, 2.24) is 5.32 Å². The smallest absolute Gasteiger partial charge is 0.252 e. The zero-order chi connectivity index (χ0) is 13.8. The Hall–Kier alpha value is -1.24. The second-order valence-corrected chi connectivity index (χ2v) is 5.46. The Labute approximate surface area is 122 Å². The molecule has 1 aromatic carbocycles. The van der Waals surface area contributed by atoms with Gasteiger partial charge < -0.3 is 10.4 Å². The van der Waals surface area contributed by atoms with Crippen LogP contribution in [0.1, 0.15) is 22.0 Å². The molecule has 100 valence electrons. The Morgan fingerprint density at radius 1 is 1.47 bits per heavy atom. The largest absolute Gasteiger partial charge is 0.387 e. The third-order valence-electron chi connectivity index (χ3n) is 2.58. The van der Waals surface area contributed by atoms with E-state index in [1.807, 2.05) is 10.8 Å². The molecule has 1 atom stereocenters. The summed E-state index contributed by atoms with van der Waals surface area (Å²) in [5.74, 6) is -0.924. The van der Waals surface area contributed by atoms with Crippen LogP contribution in [0, 0.1) is 5.82 Å². The van der Waals surface area contributed by atoms with Gasteiger partial charge in [-0.05, 0) is 50.5 Å². The molecule has 0 bridgehead atoms. The van der Waals surface area contributed by atoms with Crippen molar-refractivity contribution in [2.24, 2.45) is 0 Å². The molecule has 0 aliphatic heterocycles. The van der Waals surface area contributed by atoms with Gasteiger partial charge in [0.05, 0.1) is 16.1 Å². The lowest BCUT2D eigenvalue weighted by Crippen LogP contribution is -2.28. The number of thiophene rings is 1. The van der Waals surface area contributed by atoms with Crippen molar-refractivity contribution in [2.45, 2.75) is 6.10 Å². The summed E-state index contributed by atoms with van der Waals surface area (Å²) in [4.78, 5) is 11.9. The molecule has 0 aliphatic rings. The molecule has 6 heteroatoms. The number of benzene rings is 1. The van der Waals surface area contributed by atoms with Crippen LogP contribution in [0.15, 0.2) is 39.5 Å². The summed E-state index contributed by atoms with van der Waals surface area (Å²) in [5.41, 5.74) is 0.959. The zero-order valence-corrected chi connectivity index (χ0v) is 12.2. The summed E-state index contributed by atoms with van der Waals surface area (Å²) in [6.07, 6.45) is -0.762. The van der Waals surface area contributed by atoms with Crippen molar-refractivity contribution in [3.8, 4) is 0 Å². The van der Waals surface area contributed by atoms with Gasteiger partial charge in [0.2, 0.25) is 0 Å². The Bertz CT molecular complexity index is 574. The molecule has 0 spiro atoms. The van der Waals surface area contributed by atoms with E-state index in [2.05, 4.69) is 21.2 Å². The summed E-state index contributed by atoms with van der Waals surface area (Å²) in [6.45, 7) is 0.0819. The summed E-state index contributed by atoms with van der Waals surface area (Å²) >= 11 is 4.50. The normalized spacial score (nSPS) is 12.2. The first-order valence-corrected chi connectivity index (χ1v) is 7.25. The van der Waals surface area contributed by atoms with E-state index in [0.717, 1.165) is 5.56 Å². The molecule has 3 nitrogen and oxygen atoms in total. The van der Waals surface area contributed by atoms with Gasteiger partial charge in [-0.15, -0.1) is 0 Å². The highest BCUT2D eigenvalue weighted by Crippen LogP contribution is 2.20. The lowest BCUT2D eigenvalue weighted by atomic mass is 10.1. The molecular weight excluding hydrogens is 333 g/mol. The number of carbonyl (C=O) groups is 1. The fourth-order valence-electron chi connectivity index (χ4n) is 1.55. The minimum Gasteiger partial charge on any atom is -0.387 e. The van der Waals surface area contributed by atoms with Crippen molar-refractivity contribution in [2.75, 3.05) is 6.54 Å². The fourth-order valence-corrected chi connectivity index (χ4v) is 2.70. The average molecular weight is 344 g/mol. The summed E-state index contributed by atoms with van der Waals surface area (Å²) < 4.78 is 13.4.